The van der Waals surface area contributed by atoms with Gasteiger partial charge in [0.05, 0.1) is 32.4 Å². The molecule has 0 aromatic heterocycles. The van der Waals surface area contributed by atoms with Crippen LogP contribution in [0, 0.1) is 0 Å². The maximum atomic E-state index is 12.7. The number of carbonyl (C=O) groups excluding carboxylic acids is 2. The molecule has 7 heteroatoms. The Morgan fingerprint density at radius 1 is 1.15 bits per heavy atom. The molecule has 1 atom stereocenters. The summed E-state index contributed by atoms with van der Waals surface area (Å²) in [5.41, 5.74) is 1.45. The van der Waals surface area contributed by atoms with Crippen LogP contribution in [0.1, 0.15) is 51.1 Å². The second kappa shape index (κ2) is 9.85. The molecule has 0 fully saturated rings. The second-order valence-corrected chi connectivity index (χ2v) is 6.35. The number of urea groups is 1. The lowest BCUT2D eigenvalue weighted by atomic mass is 9.94. The normalized spacial score (nSPS) is 16.4. The molecule has 1 aromatic carbocycles. The average molecular weight is 376 g/mol. The first-order valence-corrected chi connectivity index (χ1v) is 9.19. The van der Waals surface area contributed by atoms with Crippen LogP contribution in [0.5, 0.6) is 11.5 Å². The van der Waals surface area contributed by atoms with Gasteiger partial charge < -0.3 is 24.8 Å². The summed E-state index contributed by atoms with van der Waals surface area (Å²) in [6.07, 6.45) is 4.06. The summed E-state index contributed by atoms with van der Waals surface area (Å²) in [5, 5.41) is 5.43. The topological polar surface area (TPSA) is 85.9 Å². The third-order valence-electron chi connectivity index (χ3n) is 4.46. The van der Waals surface area contributed by atoms with E-state index in [9.17, 15) is 9.59 Å². The minimum absolute atomic E-state index is 0.353. The number of allylic oxidation sites excluding steroid dienone is 1. The van der Waals surface area contributed by atoms with Crippen molar-refractivity contribution in [2.75, 3.05) is 20.8 Å². The molecular weight excluding hydrogens is 348 g/mol. The molecule has 2 amide bonds. The smallest absolute Gasteiger partial charge is 0.338 e. The van der Waals surface area contributed by atoms with E-state index in [0.29, 0.717) is 34.9 Å². The molecule has 2 N–H and O–H groups in total. The Balaban J connectivity index is 2.29. The van der Waals surface area contributed by atoms with Gasteiger partial charge in [-0.25, -0.2) is 9.59 Å². The Bertz CT molecular complexity index is 714. The first kappa shape index (κ1) is 20.6. The maximum Gasteiger partial charge on any atom is 0.338 e. The highest BCUT2D eigenvalue weighted by Crippen LogP contribution is 2.39. The SMILES string of the molecule is CCCCCCOC(=O)C1=C(C)NC(=O)N[C@@H]1c1cccc(OC)c1OC. The number of rotatable bonds is 9. The van der Waals surface area contributed by atoms with E-state index >= 15 is 0 Å². The summed E-state index contributed by atoms with van der Waals surface area (Å²) >= 11 is 0. The summed E-state index contributed by atoms with van der Waals surface area (Å²) in [6.45, 7) is 4.17. The van der Waals surface area contributed by atoms with Crippen molar-refractivity contribution in [2.45, 2.75) is 45.6 Å². The predicted octanol–water partition coefficient (Wildman–Crippen LogP) is 3.46. The fraction of sp³-hybridized carbons (Fsp3) is 0.500. The van der Waals surface area contributed by atoms with Crippen LogP contribution in [0.15, 0.2) is 29.5 Å². The highest BCUT2D eigenvalue weighted by molar-refractivity contribution is 5.95. The van der Waals surface area contributed by atoms with E-state index in [-0.39, 0.29) is 6.03 Å². The van der Waals surface area contributed by atoms with E-state index in [1.54, 1.807) is 25.1 Å². The lowest BCUT2D eigenvalue weighted by Gasteiger charge is -2.29. The molecule has 7 nitrogen and oxygen atoms in total. The Labute approximate surface area is 160 Å². The van der Waals surface area contributed by atoms with E-state index < -0.39 is 12.0 Å². The number of para-hydroxylation sites is 1. The zero-order valence-corrected chi connectivity index (χ0v) is 16.4. The lowest BCUT2D eigenvalue weighted by molar-refractivity contribution is -0.139. The third kappa shape index (κ3) is 4.93. The van der Waals surface area contributed by atoms with E-state index in [4.69, 9.17) is 14.2 Å². The summed E-state index contributed by atoms with van der Waals surface area (Å²) in [4.78, 5) is 24.8. The minimum atomic E-state index is -0.688. The van der Waals surface area contributed by atoms with Crippen molar-refractivity contribution < 1.29 is 23.8 Å². The van der Waals surface area contributed by atoms with Gasteiger partial charge in [-0.2, -0.15) is 0 Å². The molecule has 0 radical (unpaired) electrons. The highest BCUT2D eigenvalue weighted by Gasteiger charge is 2.34. The molecular formula is C20H28N2O5. The van der Waals surface area contributed by atoms with Crippen molar-refractivity contribution in [3.63, 3.8) is 0 Å². The molecule has 0 spiro atoms. The van der Waals surface area contributed by atoms with Crippen molar-refractivity contribution in [1.29, 1.82) is 0 Å². The maximum absolute atomic E-state index is 12.7. The van der Waals surface area contributed by atoms with Crippen LogP contribution in [0.3, 0.4) is 0 Å². The zero-order chi connectivity index (χ0) is 19.8. The van der Waals surface area contributed by atoms with E-state index in [0.717, 1.165) is 25.7 Å². The largest absolute Gasteiger partial charge is 0.493 e. The van der Waals surface area contributed by atoms with Crippen molar-refractivity contribution in [2.24, 2.45) is 0 Å². The van der Waals surface area contributed by atoms with E-state index in [2.05, 4.69) is 17.6 Å². The van der Waals surface area contributed by atoms with Gasteiger partial charge in [0.25, 0.3) is 0 Å². The van der Waals surface area contributed by atoms with Crippen molar-refractivity contribution >= 4 is 12.0 Å². The summed E-state index contributed by atoms with van der Waals surface area (Å²) in [5.74, 6) is 0.535. The van der Waals surface area contributed by atoms with Crippen LogP contribution in [-0.4, -0.2) is 32.8 Å². The molecule has 0 bridgehead atoms. The zero-order valence-electron chi connectivity index (χ0n) is 16.4. The molecule has 1 aromatic rings. The molecule has 2 rings (SSSR count). The number of nitrogens with one attached hydrogen (secondary N) is 2. The first-order valence-electron chi connectivity index (χ1n) is 9.19. The summed E-state index contributed by atoms with van der Waals surface area (Å²) < 4.78 is 16.3. The molecule has 148 valence electrons. The quantitative estimate of drug-likeness (QED) is 0.509. The lowest BCUT2D eigenvalue weighted by Crippen LogP contribution is -2.45. The second-order valence-electron chi connectivity index (χ2n) is 6.35. The van der Waals surface area contributed by atoms with Gasteiger partial charge in [-0.1, -0.05) is 38.3 Å². The fourth-order valence-corrected chi connectivity index (χ4v) is 3.11. The Kier molecular flexibility index (Phi) is 7.52. The molecule has 27 heavy (non-hydrogen) atoms. The molecule has 0 aliphatic carbocycles. The van der Waals surface area contributed by atoms with Gasteiger partial charge in [-0.3, -0.25) is 0 Å². The van der Waals surface area contributed by atoms with Crippen molar-refractivity contribution in [1.82, 2.24) is 10.6 Å². The number of hydrogen-bond donors (Lipinski definition) is 2. The Morgan fingerprint density at radius 2 is 1.93 bits per heavy atom. The number of carbonyl (C=O) groups is 2. The number of amides is 2. The summed E-state index contributed by atoms with van der Waals surface area (Å²) in [7, 11) is 3.06. The molecule has 1 heterocycles. The van der Waals surface area contributed by atoms with E-state index in [1.165, 1.54) is 14.2 Å². The number of benzene rings is 1. The first-order chi connectivity index (χ1) is 13.0. The number of methoxy groups -OCH3 is 2. The van der Waals surface area contributed by atoms with Crippen molar-refractivity contribution in [3.05, 3.63) is 35.0 Å². The van der Waals surface area contributed by atoms with Gasteiger partial charge >= 0.3 is 12.0 Å². The molecule has 0 saturated heterocycles. The predicted molar refractivity (Wildman–Crippen MR) is 102 cm³/mol. The number of ether oxygens (including phenoxy) is 3. The van der Waals surface area contributed by atoms with Crippen LogP contribution in [0.4, 0.5) is 4.79 Å². The van der Waals surface area contributed by atoms with Gasteiger partial charge in [0.15, 0.2) is 11.5 Å². The Morgan fingerprint density at radius 3 is 2.59 bits per heavy atom. The average Bonchev–Trinajstić information content (AvgIpc) is 2.66. The van der Waals surface area contributed by atoms with Crippen molar-refractivity contribution in [3.8, 4) is 11.5 Å². The van der Waals surface area contributed by atoms with Crippen LogP contribution < -0.4 is 20.1 Å². The standard InChI is InChI=1S/C20H28N2O5/c1-5-6-7-8-12-27-19(23)16-13(2)21-20(24)22-17(16)14-10-9-11-15(25-3)18(14)26-4/h9-11,17H,5-8,12H2,1-4H3,(H2,21,22,24)/t17-/m1/s1. The molecule has 0 unspecified atom stereocenters. The monoisotopic (exact) mass is 376 g/mol. The highest BCUT2D eigenvalue weighted by atomic mass is 16.5. The van der Waals surface area contributed by atoms with Gasteiger partial charge in [-0.15, -0.1) is 0 Å². The van der Waals surface area contributed by atoms with Gasteiger partial charge in [-0.05, 0) is 19.4 Å². The molecule has 0 saturated carbocycles. The van der Waals surface area contributed by atoms with Crippen LogP contribution in [0.2, 0.25) is 0 Å². The molecule has 1 aliphatic heterocycles. The number of unbranched alkanes of at least 4 members (excludes halogenated alkanes) is 3. The van der Waals surface area contributed by atoms with Crippen LogP contribution in [-0.2, 0) is 9.53 Å². The van der Waals surface area contributed by atoms with Crippen LogP contribution in [0.25, 0.3) is 0 Å². The number of hydrogen-bond acceptors (Lipinski definition) is 5. The fourth-order valence-electron chi connectivity index (χ4n) is 3.11. The van der Waals surface area contributed by atoms with E-state index in [1.807, 2.05) is 0 Å². The van der Waals surface area contributed by atoms with Gasteiger partial charge in [0.1, 0.15) is 0 Å². The third-order valence-corrected chi connectivity index (χ3v) is 4.46. The summed E-state index contributed by atoms with van der Waals surface area (Å²) in [6, 6.07) is 4.26. The molecule has 1 aliphatic rings. The van der Waals surface area contributed by atoms with Gasteiger partial charge in [0, 0.05) is 11.3 Å². The Hall–Kier alpha value is -2.70. The minimum Gasteiger partial charge on any atom is -0.493 e. The number of esters is 1. The van der Waals surface area contributed by atoms with Crippen LogP contribution >= 0.6 is 0 Å². The van der Waals surface area contributed by atoms with Gasteiger partial charge in [0.2, 0.25) is 0 Å².